The molecule has 3 amide bonds. The van der Waals surface area contributed by atoms with Crippen molar-refractivity contribution in [2.75, 3.05) is 13.6 Å². The van der Waals surface area contributed by atoms with Crippen molar-refractivity contribution in [3.8, 4) is 0 Å². The van der Waals surface area contributed by atoms with Crippen LogP contribution in [0.5, 0.6) is 0 Å². The van der Waals surface area contributed by atoms with Crippen LogP contribution in [0.1, 0.15) is 12.0 Å². The maximum Gasteiger partial charge on any atom is 0.410 e. The van der Waals surface area contributed by atoms with Gasteiger partial charge in [0.05, 0.1) is 12.5 Å². The Morgan fingerprint density at radius 1 is 1.25 bits per heavy atom. The van der Waals surface area contributed by atoms with E-state index >= 15 is 0 Å². The highest BCUT2D eigenvalue weighted by Gasteiger charge is 2.73. The SMILES string of the molecule is CN(CC(=O)C12C(=O)N(O)C(=O)C1C1C=CC2C1)C(=O)OCc1ccccc1. The molecule has 1 saturated heterocycles. The highest BCUT2D eigenvalue weighted by atomic mass is 16.6. The van der Waals surface area contributed by atoms with Gasteiger partial charge in [-0.3, -0.25) is 19.6 Å². The summed E-state index contributed by atoms with van der Waals surface area (Å²) in [5.41, 5.74) is -0.820. The van der Waals surface area contributed by atoms with E-state index in [4.69, 9.17) is 4.74 Å². The monoisotopic (exact) mass is 384 g/mol. The van der Waals surface area contributed by atoms with Gasteiger partial charge < -0.3 is 9.64 Å². The van der Waals surface area contributed by atoms with Crippen molar-refractivity contribution < 1.29 is 29.1 Å². The maximum atomic E-state index is 13.1. The maximum absolute atomic E-state index is 13.1. The Kier molecular flexibility index (Phi) is 4.30. The summed E-state index contributed by atoms with van der Waals surface area (Å²) in [4.78, 5) is 51.5. The summed E-state index contributed by atoms with van der Waals surface area (Å²) in [5, 5.41) is 9.92. The van der Waals surface area contributed by atoms with Gasteiger partial charge in [-0.15, -0.1) is 0 Å². The van der Waals surface area contributed by atoms with Gasteiger partial charge in [0.25, 0.3) is 11.8 Å². The molecule has 1 aromatic rings. The van der Waals surface area contributed by atoms with Crippen LogP contribution in [0.2, 0.25) is 0 Å². The van der Waals surface area contributed by atoms with Gasteiger partial charge in [-0.05, 0) is 23.8 Å². The van der Waals surface area contributed by atoms with Crippen LogP contribution >= 0.6 is 0 Å². The average molecular weight is 384 g/mol. The number of likely N-dealkylation sites (N-methyl/N-ethyl adjacent to an activating group) is 1. The summed E-state index contributed by atoms with van der Waals surface area (Å²) in [6, 6.07) is 9.11. The third-order valence-corrected chi connectivity index (χ3v) is 6.00. The van der Waals surface area contributed by atoms with Gasteiger partial charge in [0.15, 0.2) is 5.78 Å². The Morgan fingerprint density at radius 2 is 1.96 bits per heavy atom. The van der Waals surface area contributed by atoms with Crippen molar-refractivity contribution in [2.45, 2.75) is 13.0 Å². The molecule has 1 saturated carbocycles. The molecule has 4 rings (SSSR count). The molecular weight excluding hydrogens is 364 g/mol. The van der Waals surface area contributed by atoms with Crippen molar-refractivity contribution in [1.82, 2.24) is 9.96 Å². The summed E-state index contributed by atoms with van der Waals surface area (Å²) >= 11 is 0. The predicted molar refractivity (Wildman–Crippen MR) is 94.6 cm³/mol. The van der Waals surface area contributed by atoms with E-state index < -0.39 is 40.9 Å². The Labute approximate surface area is 161 Å². The van der Waals surface area contributed by atoms with Gasteiger partial charge >= 0.3 is 6.09 Å². The number of hydrogen-bond donors (Lipinski definition) is 1. The van der Waals surface area contributed by atoms with Gasteiger partial charge in [0, 0.05) is 7.05 Å². The molecule has 0 radical (unpaired) electrons. The highest BCUT2D eigenvalue weighted by Crippen LogP contribution is 2.60. The molecule has 3 aliphatic rings. The van der Waals surface area contributed by atoms with Crippen molar-refractivity contribution >= 4 is 23.7 Å². The molecule has 1 aromatic carbocycles. The van der Waals surface area contributed by atoms with Gasteiger partial charge in [0.1, 0.15) is 12.0 Å². The first kappa shape index (κ1) is 18.4. The zero-order valence-electron chi connectivity index (χ0n) is 15.3. The Hall–Kier alpha value is -3.00. The minimum atomic E-state index is -1.63. The van der Waals surface area contributed by atoms with Crippen LogP contribution in [0, 0.1) is 23.2 Å². The van der Waals surface area contributed by atoms with E-state index in [0.717, 1.165) is 10.5 Å². The van der Waals surface area contributed by atoms with Gasteiger partial charge in [-0.1, -0.05) is 42.5 Å². The van der Waals surface area contributed by atoms with Crippen LogP contribution < -0.4 is 0 Å². The van der Waals surface area contributed by atoms with E-state index in [1.165, 1.54) is 7.05 Å². The number of fused-ring (bicyclic) bond motifs is 5. The minimum Gasteiger partial charge on any atom is -0.445 e. The van der Waals surface area contributed by atoms with E-state index in [1.807, 2.05) is 36.4 Å². The van der Waals surface area contributed by atoms with Crippen LogP contribution in [0.15, 0.2) is 42.5 Å². The van der Waals surface area contributed by atoms with E-state index in [2.05, 4.69) is 0 Å². The number of amides is 3. The number of rotatable bonds is 5. The molecule has 8 nitrogen and oxygen atoms in total. The number of ketones is 1. The summed E-state index contributed by atoms with van der Waals surface area (Å²) in [5.74, 6) is -3.79. The molecule has 8 heteroatoms. The second-order valence-corrected chi connectivity index (χ2v) is 7.51. The van der Waals surface area contributed by atoms with E-state index in [1.54, 1.807) is 6.08 Å². The Bertz CT molecular complexity index is 882. The summed E-state index contributed by atoms with van der Waals surface area (Å²) in [6.45, 7) is -0.324. The topological polar surface area (TPSA) is 104 Å². The van der Waals surface area contributed by atoms with Crippen molar-refractivity contribution in [1.29, 1.82) is 0 Å². The van der Waals surface area contributed by atoms with Crippen molar-refractivity contribution in [3.05, 3.63) is 48.0 Å². The molecular formula is C20H20N2O6. The molecule has 4 unspecified atom stereocenters. The lowest BCUT2D eigenvalue weighted by molar-refractivity contribution is -0.176. The largest absolute Gasteiger partial charge is 0.445 e. The molecule has 1 N–H and O–H groups in total. The lowest BCUT2D eigenvalue weighted by Crippen LogP contribution is -2.50. The first-order chi connectivity index (χ1) is 13.4. The minimum absolute atomic E-state index is 0.0568. The summed E-state index contributed by atoms with van der Waals surface area (Å²) < 4.78 is 5.20. The van der Waals surface area contributed by atoms with Crippen LogP contribution in [0.4, 0.5) is 4.79 Å². The van der Waals surface area contributed by atoms with Gasteiger partial charge in [-0.25, -0.2) is 4.79 Å². The van der Waals surface area contributed by atoms with Gasteiger partial charge in [0.2, 0.25) is 0 Å². The van der Waals surface area contributed by atoms with Crippen LogP contribution in [0.3, 0.4) is 0 Å². The third kappa shape index (κ3) is 2.48. The number of hydrogen-bond acceptors (Lipinski definition) is 6. The van der Waals surface area contributed by atoms with Crippen molar-refractivity contribution in [2.24, 2.45) is 23.2 Å². The normalized spacial score (nSPS) is 29.9. The highest BCUT2D eigenvalue weighted by molar-refractivity contribution is 6.20. The smallest absolute Gasteiger partial charge is 0.410 e. The fraction of sp³-hybridized carbons (Fsp3) is 0.400. The molecule has 0 aromatic heterocycles. The molecule has 1 heterocycles. The second kappa shape index (κ2) is 6.56. The second-order valence-electron chi connectivity index (χ2n) is 7.51. The molecule has 2 bridgehead atoms. The summed E-state index contributed by atoms with van der Waals surface area (Å²) in [6.07, 6.45) is 3.39. The fourth-order valence-corrected chi connectivity index (χ4v) is 4.70. The first-order valence-electron chi connectivity index (χ1n) is 9.08. The van der Waals surface area contributed by atoms with Crippen LogP contribution in [0.25, 0.3) is 0 Å². The summed E-state index contributed by atoms with van der Waals surface area (Å²) in [7, 11) is 1.40. The molecule has 2 fully saturated rings. The van der Waals surface area contributed by atoms with Crippen LogP contribution in [-0.4, -0.2) is 52.5 Å². The third-order valence-electron chi connectivity index (χ3n) is 6.00. The van der Waals surface area contributed by atoms with Gasteiger partial charge in [-0.2, -0.15) is 5.06 Å². The van der Waals surface area contributed by atoms with E-state index in [-0.39, 0.29) is 24.1 Å². The molecule has 28 heavy (non-hydrogen) atoms. The number of carbonyl (C=O) groups excluding carboxylic acids is 4. The average Bonchev–Trinajstić information content (AvgIpc) is 3.36. The molecule has 2 aliphatic carbocycles. The number of allylic oxidation sites excluding steroid dienone is 2. The Morgan fingerprint density at radius 3 is 2.68 bits per heavy atom. The fourth-order valence-electron chi connectivity index (χ4n) is 4.70. The van der Waals surface area contributed by atoms with Crippen LogP contribution in [-0.2, 0) is 25.7 Å². The molecule has 4 atom stereocenters. The molecule has 146 valence electrons. The zero-order valence-corrected chi connectivity index (χ0v) is 15.3. The quantitative estimate of drug-likeness (QED) is 0.356. The number of hydroxylamine groups is 2. The predicted octanol–water partition coefficient (Wildman–Crippen LogP) is 1.39. The number of nitrogens with zero attached hydrogens (tertiary/aromatic N) is 2. The lowest BCUT2D eigenvalue weighted by atomic mass is 9.67. The van der Waals surface area contributed by atoms with E-state index in [0.29, 0.717) is 6.42 Å². The standard InChI is InChI=1S/C20H20N2O6/c1-21(19(26)28-11-12-5-3-2-4-6-12)10-15(23)20-14-8-7-13(9-14)16(20)17(24)22(27)18(20)25/h2-8,13-14,16,27H,9-11H2,1H3. The number of benzene rings is 1. The first-order valence-corrected chi connectivity index (χ1v) is 9.08. The number of imide groups is 1. The number of ether oxygens (including phenoxy) is 1. The van der Waals surface area contributed by atoms with E-state index in [9.17, 15) is 24.4 Å². The molecule has 1 aliphatic heterocycles. The zero-order chi connectivity index (χ0) is 20.1. The number of Topliss-reactive ketones (excluding diaryl/α,β-unsaturated/α-hetero) is 1. The lowest BCUT2D eigenvalue weighted by Gasteiger charge is -2.32. The number of carbonyl (C=O) groups is 4. The molecule has 0 spiro atoms. The Balaban J connectivity index is 1.48. The van der Waals surface area contributed by atoms with Crippen molar-refractivity contribution in [3.63, 3.8) is 0 Å².